The van der Waals surface area contributed by atoms with Gasteiger partial charge in [0, 0.05) is 39.4 Å². The first-order valence-electron chi connectivity index (χ1n) is 6.97. The lowest BCUT2D eigenvalue weighted by atomic mass is 10.1. The number of aryl methyl sites for hydroxylation is 1. The quantitative estimate of drug-likeness (QED) is 0.818. The molecule has 0 aliphatic carbocycles. The maximum absolute atomic E-state index is 12.3. The number of piperazine rings is 1. The summed E-state index contributed by atoms with van der Waals surface area (Å²) in [6.07, 6.45) is 3.68. The fourth-order valence-corrected chi connectivity index (χ4v) is 2.56. The Morgan fingerprint density at radius 1 is 1.42 bits per heavy atom. The zero-order valence-electron chi connectivity index (χ0n) is 12.3. The molecule has 1 atom stereocenters. The number of carbonyl (C=O) groups excluding carboxylic acids is 1. The van der Waals surface area contributed by atoms with Crippen LogP contribution in [0.4, 0.5) is 0 Å². The molecule has 1 fully saturated rings. The molecule has 0 saturated carbocycles. The normalized spacial score (nSPS) is 21.4. The Balaban J connectivity index is 1.99. The lowest BCUT2D eigenvalue weighted by molar-refractivity contribution is -0.142. The molecule has 5 nitrogen and oxygen atoms in total. The van der Waals surface area contributed by atoms with Gasteiger partial charge in [-0.05, 0) is 12.8 Å². The average Bonchev–Trinajstić information content (AvgIpc) is 2.74. The second kappa shape index (κ2) is 5.74. The monoisotopic (exact) mass is 264 g/mol. The van der Waals surface area contributed by atoms with E-state index in [-0.39, 0.29) is 11.9 Å². The van der Waals surface area contributed by atoms with Gasteiger partial charge in [-0.2, -0.15) is 0 Å². The van der Waals surface area contributed by atoms with Crippen molar-refractivity contribution in [3.63, 3.8) is 0 Å². The minimum Gasteiger partial charge on any atom is -0.340 e. The number of nitrogens with zero attached hydrogens (tertiary/aromatic N) is 4. The van der Waals surface area contributed by atoms with Crippen molar-refractivity contribution >= 4 is 5.91 Å². The largest absolute Gasteiger partial charge is 0.340 e. The standard InChI is InChI=1S/C14H24N4O/c1-11(2)8-18-6-5-17(12(3)14(18)19)9-13-7-15-10-16(13)4/h7,10-12H,5-6,8-9H2,1-4H3/t12-/m1/s1. The van der Waals surface area contributed by atoms with Crippen LogP contribution in [0.5, 0.6) is 0 Å². The number of amides is 1. The molecule has 19 heavy (non-hydrogen) atoms. The summed E-state index contributed by atoms with van der Waals surface area (Å²) in [4.78, 5) is 20.7. The van der Waals surface area contributed by atoms with E-state index >= 15 is 0 Å². The fraction of sp³-hybridized carbons (Fsp3) is 0.714. The summed E-state index contributed by atoms with van der Waals surface area (Å²) in [6.45, 7) is 9.73. The zero-order valence-corrected chi connectivity index (χ0v) is 12.3. The first kappa shape index (κ1) is 14.1. The van der Waals surface area contributed by atoms with Crippen LogP contribution in [0.15, 0.2) is 12.5 Å². The average molecular weight is 264 g/mol. The van der Waals surface area contributed by atoms with Crippen molar-refractivity contribution < 1.29 is 4.79 Å². The Morgan fingerprint density at radius 3 is 2.74 bits per heavy atom. The van der Waals surface area contributed by atoms with Crippen molar-refractivity contribution in [3.8, 4) is 0 Å². The molecule has 1 saturated heterocycles. The molecule has 0 unspecified atom stereocenters. The summed E-state index contributed by atoms with van der Waals surface area (Å²) >= 11 is 0. The summed E-state index contributed by atoms with van der Waals surface area (Å²) in [5, 5.41) is 0. The van der Waals surface area contributed by atoms with Crippen molar-refractivity contribution in [1.29, 1.82) is 0 Å². The van der Waals surface area contributed by atoms with E-state index in [9.17, 15) is 4.79 Å². The number of rotatable bonds is 4. The van der Waals surface area contributed by atoms with Crippen LogP contribution >= 0.6 is 0 Å². The number of hydrogen-bond donors (Lipinski definition) is 0. The summed E-state index contributed by atoms with van der Waals surface area (Å²) in [5.74, 6) is 0.780. The van der Waals surface area contributed by atoms with Gasteiger partial charge in [0.1, 0.15) is 0 Å². The first-order valence-corrected chi connectivity index (χ1v) is 6.97. The predicted molar refractivity (Wildman–Crippen MR) is 74.5 cm³/mol. The number of imidazole rings is 1. The van der Waals surface area contributed by atoms with Crippen LogP contribution in [0.25, 0.3) is 0 Å². The highest BCUT2D eigenvalue weighted by Gasteiger charge is 2.31. The van der Waals surface area contributed by atoms with E-state index in [0.717, 1.165) is 31.9 Å². The molecular weight excluding hydrogens is 240 g/mol. The lowest BCUT2D eigenvalue weighted by Crippen LogP contribution is -2.56. The molecule has 2 heterocycles. The van der Waals surface area contributed by atoms with Gasteiger partial charge in [-0.3, -0.25) is 9.69 Å². The van der Waals surface area contributed by atoms with Crippen LogP contribution in [0, 0.1) is 5.92 Å². The topological polar surface area (TPSA) is 41.4 Å². The van der Waals surface area contributed by atoms with Gasteiger partial charge in [0.25, 0.3) is 0 Å². The van der Waals surface area contributed by atoms with E-state index < -0.39 is 0 Å². The van der Waals surface area contributed by atoms with Gasteiger partial charge >= 0.3 is 0 Å². The van der Waals surface area contributed by atoms with Crippen molar-refractivity contribution in [3.05, 3.63) is 18.2 Å². The summed E-state index contributed by atoms with van der Waals surface area (Å²) < 4.78 is 2.01. The molecule has 2 rings (SSSR count). The van der Waals surface area contributed by atoms with Gasteiger partial charge in [-0.25, -0.2) is 4.98 Å². The Morgan fingerprint density at radius 2 is 2.16 bits per heavy atom. The van der Waals surface area contributed by atoms with E-state index in [4.69, 9.17) is 0 Å². The smallest absolute Gasteiger partial charge is 0.239 e. The highest BCUT2D eigenvalue weighted by atomic mass is 16.2. The molecule has 1 aromatic heterocycles. The molecular formula is C14H24N4O. The van der Waals surface area contributed by atoms with E-state index in [1.807, 2.05) is 29.6 Å². The minimum atomic E-state index is -0.0394. The molecule has 0 bridgehead atoms. The van der Waals surface area contributed by atoms with Crippen molar-refractivity contribution in [1.82, 2.24) is 19.4 Å². The van der Waals surface area contributed by atoms with Gasteiger partial charge in [-0.1, -0.05) is 13.8 Å². The molecule has 5 heteroatoms. The molecule has 1 aromatic rings. The number of hydrogen-bond acceptors (Lipinski definition) is 3. The highest BCUT2D eigenvalue weighted by Crippen LogP contribution is 2.15. The summed E-state index contributed by atoms with van der Waals surface area (Å²) in [6, 6.07) is -0.0394. The molecule has 0 aromatic carbocycles. The third-order valence-corrected chi connectivity index (χ3v) is 3.74. The second-order valence-corrected chi connectivity index (χ2v) is 5.82. The zero-order chi connectivity index (χ0) is 14.0. The molecule has 0 radical (unpaired) electrons. The van der Waals surface area contributed by atoms with E-state index in [1.54, 1.807) is 6.33 Å². The molecule has 1 aliphatic rings. The van der Waals surface area contributed by atoms with Crippen LogP contribution < -0.4 is 0 Å². The van der Waals surface area contributed by atoms with Crippen LogP contribution in [-0.4, -0.2) is 50.9 Å². The Kier molecular flexibility index (Phi) is 4.24. The molecule has 1 amide bonds. The highest BCUT2D eigenvalue weighted by molar-refractivity contribution is 5.82. The third kappa shape index (κ3) is 3.15. The van der Waals surface area contributed by atoms with Crippen molar-refractivity contribution in [2.45, 2.75) is 33.4 Å². The van der Waals surface area contributed by atoms with E-state index in [2.05, 4.69) is 23.7 Å². The van der Waals surface area contributed by atoms with E-state index in [0.29, 0.717) is 5.92 Å². The fourth-order valence-electron chi connectivity index (χ4n) is 2.56. The van der Waals surface area contributed by atoms with Crippen LogP contribution in [0.2, 0.25) is 0 Å². The lowest BCUT2D eigenvalue weighted by Gasteiger charge is -2.39. The summed E-state index contributed by atoms with van der Waals surface area (Å²) in [5.41, 5.74) is 1.15. The first-order chi connectivity index (χ1) is 8.99. The Bertz CT molecular complexity index is 440. The maximum Gasteiger partial charge on any atom is 0.239 e. The van der Waals surface area contributed by atoms with Gasteiger partial charge in [0.15, 0.2) is 0 Å². The second-order valence-electron chi connectivity index (χ2n) is 5.82. The predicted octanol–water partition coefficient (Wildman–Crippen LogP) is 1.11. The maximum atomic E-state index is 12.3. The molecule has 0 spiro atoms. The van der Waals surface area contributed by atoms with Crippen LogP contribution in [0.1, 0.15) is 26.5 Å². The van der Waals surface area contributed by atoms with E-state index in [1.165, 1.54) is 0 Å². The van der Waals surface area contributed by atoms with Gasteiger partial charge < -0.3 is 9.47 Å². The van der Waals surface area contributed by atoms with Gasteiger partial charge in [0.05, 0.1) is 18.1 Å². The molecule has 106 valence electrons. The number of aromatic nitrogens is 2. The van der Waals surface area contributed by atoms with Crippen molar-refractivity contribution in [2.75, 3.05) is 19.6 Å². The van der Waals surface area contributed by atoms with Crippen LogP contribution in [0.3, 0.4) is 0 Å². The van der Waals surface area contributed by atoms with Gasteiger partial charge in [-0.15, -0.1) is 0 Å². The molecule has 1 aliphatic heterocycles. The van der Waals surface area contributed by atoms with Crippen LogP contribution in [-0.2, 0) is 18.4 Å². The van der Waals surface area contributed by atoms with Crippen molar-refractivity contribution in [2.24, 2.45) is 13.0 Å². The Labute approximate surface area is 115 Å². The SMILES string of the molecule is CC(C)CN1CCN(Cc2cncn2C)[C@H](C)C1=O. The minimum absolute atomic E-state index is 0.0394. The van der Waals surface area contributed by atoms with Gasteiger partial charge in [0.2, 0.25) is 5.91 Å². The molecule has 0 N–H and O–H groups in total. The number of carbonyl (C=O) groups is 1. The summed E-state index contributed by atoms with van der Waals surface area (Å²) in [7, 11) is 1.99. The third-order valence-electron chi connectivity index (χ3n) is 3.74. The Hall–Kier alpha value is -1.36.